The Bertz CT molecular complexity index is 1650. The fourth-order valence-corrected chi connectivity index (χ4v) is 13.3. The molecule has 15 heteroatoms. The lowest BCUT2D eigenvalue weighted by molar-refractivity contribution is -0.367. The van der Waals surface area contributed by atoms with Crippen molar-refractivity contribution < 1.29 is 69.4 Å². The summed E-state index contributed by atoms with van der Waals surface area (Å²) in [6.07, 6.45) is -6.71. The van der Waals surface area contributed by atoms with Crippen LogP contribution in [-0.4, -0.2) is 139 Å². The number of hydrogen-bond acceptors (Lipinski definition) is 13. The molecule has 6 aliphatic rings. The average molecular weight is 868 g/mol. The van der Waals surface area contributed by atoms with Gasteiger partial charge in [0, 0.05) is 6.92 Å². The van der Waals surface area contributed by atoms with E-state index in [4.69, 9.17) is 18.9 Å². The number of amides is 1. The second kappa shape index (κ2) is 17.2. The summed E-state index contributed by atoms with van der Waals surface area (Å²) in [5.41, 5.74) is -0.980. The summed E-state index contributed by atoms with van der Waals surface area (Å²) in [5.74, 6) is -0.773. The lowest BCUT2D eigenvalue weighted by Crippen LogP contribution is -2.68. The zero-order chi connectivity index (χ0) is 45.4. The molecule has 4 fully saturated rings. The van der Waals surface area contributed by atoms with Gasteiger partial charge in [-0.1, -0.05) is 66.5 Å². The maximum atomic E-state index is 13.9. The predicted molar refractivity (Wildman–Crippen MR) is 222 cm³/mol. The van der Waals surface area contributed by atoms with E-state index in [0.29, 0.717) is 32.1 Å². The summed E-state index contributed by atoms with van der Waals surface area (Å²) in [4.78, 5) is 26.0. The highest BCUT2D eigenvalue weighted by atomic mass is 16.8. The molecule has 2 aliphatic heterocycles. The number of carboxylic acid groups (broad SMARTS) is 1. The van der Waals surface area contributed by atoms with E-state index in [1.807, 2.05) is 6.92 Å². The van der Waals surface area contributed by atoms with Crippen LogP contribution in [0.3, 0.4) is 0 Å². The zero-order valence-corrected chi connectivity index (χ0v) is 38.1. The lowest BCUT2D eigenvalue weighted by Gasteiger charge is -2.62. The number of allylic oxidation sites excluding steroid dienone is 1. The number of ether oxygens (including phenoxy) is 4. The third-order valence-corrected chi connectivity index (χ3v) is 17.6. The van der Waals surface area contributed by atoms with Crippen molar-refractivity contribution in [3.8, 4) is 0 Å². The van der Waals surface area contributed by atoms with Crippen LogP contribution in [0.4, 0.5) is 0 Å². The number of rotatable bonds is 12. The molecule has 0 radical (unpaired) electrons. The fraction of sp³-hybridized carbons (Fsp3) is 0.913. The van der Waals surface area contributed by atoms with Crippen molar-refractivity contribution in [1.82, 2.24) is 5.32 Å². The van der Waals surface area contributed by atoms with Gasteiger partial charge in [-0.25, -0.2) is 0 Å². The van der Waals surface area contributed by atoms with Crippen molar-refractivity contribution in [1.29, 1.82) is 0 Å². The van der Waals surface area contributed by atoms with Gasteiger partial charge in [0.05, 0.1) is 30.3 Å². The van der Waals surface area contributed by atoms with Crippen LogP contribution in [0.25, 0.3) is 0 Å². The number of fused-ring (bicyclic) bond motifs is 4. The summed E-state index contributed by atoms with van der Waals surface area (Å²) in [7, 11) is 0. The van der Waals surface area contributed by atoms with E-state index in [2.05, 4.69) is 60.7 Å². The van der Waals surface area contributed by atoms with Gasteiger partial charge in [0.25, 0.3) is 0 Å². The highest BCUT2D eigenvalue weighted by molar-refractivity contribution is 5.82. The fourth-order valence-electron chi connectivity index (χ4n) is 13.3. The standard InChI is InChI=1S/C46H77NO14/c1-23(13-19-45(10,57)41(3,4)5)25-15-20-46(40(55)56)27-11-12-30-42(6,7)31(16-17-43(30,8)26(27)14-18-44(25,46)9)60-39-37(36(54)34(52)29(22-49)59-39)61-38-32(47-24(2)50)35(53)33(51)28(21-48)58-38/h23,25,28-39,48-49,51-54,57H,11-22H2,1-10H3,(H,47,50)(H,55,56). The van der Waals surface area contributed by atoms with Crippen LogP contribution >= 0.6 is 0 Å². The lowest BCUT2D eigenvalue weighted by atomic mass is 9.43. The normalized spacial score (nSPS) is 45.2. The molecule has 4 aliphatic carbocycles. The van der Waals surface area contributed by atoms with Gasteiger partial charge >= 0.3 is 5.97 Å². The molecule has 2 saturated carbocycles. The summed E-state index contributed by atoms with van der Waals surface area (Å²) in [6, 6.07) is -1.33. The van der Waals surface area contributed by atoms with Crippen molar-refractivity contribution >= 4 is 11.9 Å². The summed E-state index contributed by atoms with van der Waals surface area (Å²) < 4.78 is 24.9. The molecule has 6 rings (SSSR count). The van der Waals surface area contributed by atoms with Crippen LogP contribution in [0, 0.1) is 44.8 Å². The molecule has 18 unspecified atom stereocenters. The number of carbonyl (C=O) groups is 2. The number of aliphatic hydroxyl groups is 7. The Hall–Kier alpha value is -1.76. The van der Waals surface area contributed by atoms with E-state index >= 15 is 0 Å². The maximum absolute atomic E-state index is 13.9. The summed E-state index contributed by atoms with van der Waals surface area (Å²) in [5, 5.41) is 89.2. The van der Waals surface area contributed by atoms with Crippen LogP contribution in [0.15, 0.2) is 11.1 Å². The molecular formula is C46H77NO14. The van der Waals surface area contributed by atoms with E-state index in [1.165, 1.54) is 12.5 Å². The minimum Gasteiger partial charge on any atom is -0.481 e. The predicted octanol–water partition coefficient (Wildman–Crippen LogP) is 3.17. The monoisotopic (exact) mass is 868 g/mol. The SMILES string of the molecule is CC(=O)NC1C(OC2C(OC3CCC4(C)C5=C(CCC4C3(C)C)C3(C(=O)O)CCC(C(C)CCC(C)(O)C(C)(C)C)C3(C)CC5)OC(CO)C(O)C2O)OC(CO)C(O)C1O. The number of hydrogen-bond donors (Lipinski definition) is 9. The first-order valence-electron chi connectivity index (χ1n) is 22.7. The first kappa shape index (κ1) is 48.7. The van der Waals surface area contributed by atoms with Gasteiger partial charge in [-0.15, -0.1) is 0 Å². The Balaban J connectivity index is 1.26. The number of aliphatic hydroxyl groups excluding tert-OH is 6. The molecule has 2 heterocycles. The quantitative estimate of drug-likeness (QED) is 0.128. The third-order valence-electron chi connectivity index (χ3n) is 17.6. The smallest absolute Gasteiger partial charge is 0.314 e. The summed E-state index contributed by atoms with van der Waals surface area (Å²) >= 11 is 0. The molecule has 0 bridgehead atoms. The van der Waals surface area contributed by atoms with Gasteiger partial charge in [0.1, 0.15) is 48.8 Å². The van der Waals surface area contributed by atoms with Crippen LogP contribution < -0.4 is 5.32 Å². The number of carboxylic acids is 1. The van der Waals surface area contributed by atoms with Crippen molar-refractivity contribution in [2.24, 2.45) is 44.8 Å². The number of carbonyl (C=O) groups excluding carboxylic acids is 1. The molecule has 1 amide bonds. The van der Waals surface area contributed by atoms with Gasteiger partial charge in [-0.2, -0.15) is 0 Å². The molecular weight excluding hydrogens is 790 g/mol. The molecule has 350 valence electrons. The molecule has 15 nitrogen and oxygen atoms in total. The Morgan fingerprint density at radius 2 is 1.43 bits per heavy atom. The molecule has 61 heavy (non-hydrogen) atoms. The minimum atomic E-state index is -1.68. The van der Waals surface area contributed by atoms with Gasteiger partial charge in [-0.05, 0) is 111 Å². The molecule has 0 aromatic heterocycles. The summed E-state index contributed by atoms with van der Waals surface area (Å²) in [6.45, 7) is 19.0. The number of aliphatic carboxylic acids is 1. The maximum Gasteiger partial charge on any atom is 0.314 e. The Kier molecular flexibility index (Phi) is 13.8. The molecule has 0 spiro atoms. The van der Waals surface area contributed by atoms with Gasteiger partial charge in [0.15, 0.2) is 12.6 Å². The second-order valence-corrected chi connectivity index (χ2v) is 22.0. The van der Waals surface area contributed by atoms with E-state index in [-0.39, 0.29) is 28.6 Å². The molecule has 0 aromatic carbocycles. The first-order valence-corrected chi connectivity index (χ1v) is 22.7. The Morgan fingerprint density at radius 3 is 2.00 bits per heavy atom. The largest absolute Gasteiger partial charge is 0.481 e. The van der Waals surface area contributed by atoms with Crippen LogP contribution in [0.5, 0.6) is 0 Å². The first-order chi connectivity index (χ1) is 28.2. The van der Waals surface area contributed by atoms with E-state index in [1.54, 1.807) is 0 Å². The van der Waals surface area contributed by atoms with E-state index in [0.717, 1.165) is 37.7 Å². The molecule has 2 saturated heterocycles. The van der Waals surface area contributed by atoms with Gasteiger partial charge in [-0.3, -0.25) is 9.59 Å². The Morgan fingerprint density at radius 1 is 0.820 bits per heavy atom. The molecule has 0 aromatic rings. The zero-order valence-electron chi connectivity index (χ0n) is 38.1. The second-order valence-electron chi connectivity index (χ2n) is 22.0. The molecule has 18 atom stereocenters. The van der Waals surface area contributed by atoms with Crippen molar-refractivity contribution in [3.63, 3.8) is 0 Å². The topological polar surface area (TPSA) is 245 Å². The van der Waals surface area contributed by atoms with Crippen LogP contribution in [0.2, 0.25) is 0 Å². The third kappa shape index (κ3) is 8.05. The van der Waals surface area contributed by atoms with Crippen molar-refractivity contribution in [3.05, 3.63) is 11.1 Å². The highest BCUT2D eigenvalue weighted by Gasteiger charge is 2.69. The highest BCUT2D eigenvalue weighted by Crippen LogP contribution is 2.73. The van der Waals surface area contributed by atoms with Crippen molar-refractivity contribution in [2.45, 2.75) is 207 Å². The average Bonchev–Trinajstić information content (AvgIpc) is 3.50. The number of nitrogens with one attached hydrogen (secondary N) is 1. The van der Waals surface area contributed by atoms with Gasteiger partial charge < -0.3 is 65.1 Å². The van der Waals surface area contributed by atoms with Crippen LogP contribution in [0.1, 0.15) is 133 Å². The molecule has 9 N–H and O–H groups in total. The van der Waals surface area contributed by atoms with Crippen molar-refractivity contribution in [2.75, 3.05) is 13.2 Å². The van der Waals surface area contributed by atoms with E-state index in [9.17, 15) is 50.4 Å². The van der Waals surface area contributed by atoms with Gasteiger partial charge in [0.2, 0.25) is 5.91 Å². The van der Waals surface area contributed by atoms with Crippen LogP contribution in [-0.2, 0) is 28.5 Å². The van der Waals surface area contributed by atoms with E-state index < -0.39 is 114 Å². The minimum absolute atomic E-state index is 0.0725. The Labute approximate surface area is 361 Å².